The number of hydrogen-bond acceptors (Lipinski definition) is 3. The average Bonchev–Trinajstić information content (AvgIpc) is 2.64. The van der Waals surface area contributed by atoms with E-state index < -0.39 is 6.04 Å². The first kappa shape index (κ1) is 19.3. The highest BCUT2D eigenvalue weighted by molar-refractivity contribution is 8.00. The first-order valence-electron chi connectivity index (χ1n) is 7.94. The fraction of sp³-hybridized carbons (Fsp3) is 0.263. The second-order valence-electron chi connectivity index (χ2n) is 5.54. The minimum Gasteiger partial charge on any atom is -0.357 e. The van der Waals surface area contributed by atoms with Crippen molar-refractivity contribution in [1.82, 2.24) is 10.2 Å². The first-order valence-corrected chi connectivity index (χ1v) is 9.31. The summed E-state index contributed by atoms with van der Waals surface area (Å²) >= 11 is 7.49. The van der Waals surface area contributed by atoms with E-state index >= 15 is 0 Å². The van der Waals surface area contributed by atoms with Gasteiger partial charge in [-0.05, 0) is 36.8 Å². The minimum absolute atomic E-state index is 0.0927. The van der Waals surface area contributed by atoms with Gasteiger partial charge >= 0.3 is 0 Å². The molecule has 0 aliphatic carbocycles. The number of rotatable bonds is 7. The lowest BCUT2D eigenvalue weighted by Crippen LogP contribution is -2.47. The van der Waals surface area contributed by atoms with Crippen molar-refractivity contribution in [2.24, 2.45) is 0 Å². The van der Waals surface area contributed by atoms with E-state index in [1.165, 1.54) is 11.8 Å². The Hall–Kier alpha value is -1.98. The predicted octanol–water partition coefficient (Wildman–Crippen LogP) is 3.60. The Kier molecular flexibility index (Phi) is 7.34. The lowest BCUT2D eigenvalue weighted by Gasteiger charge is -2.28. The van der Waals surface area contributed by atoms with Crippen molar-refractivity contribution in [2.45, 2.75) is 24.4 Å². The van der Waals surface area contributed by atoms with E-state index in [1.807, 2.05) is 48.5 Å². The van der Waals surface area contributed by atoms with Crippen LogP contribution in [0.2, 0.25) is 5.02 Å². The van der Waals surface area contributed by atoms with Gasteiger partial charge in [0.1, 0.15) is 6.04 Å². The third-order valence-electron chi connectivity index (χ3n) is 3.76. The van der Waals surface area contributed by atoms with E-state index in [0.29, 0.717) is 11.6 Å². The summed E-state index contributed by atoms with van der Waals surface area (Å²) in [5.41, 5.74) is 0.890. The Labute approximate surface area is 157 Å². The molecule has 0 heterocycles. The number of hydrogen-bond donors (Lipinski definition) is 1. The number of likely N-dealkylation sites (N-methyl/N-ethyl adjacent to an activating group) is 1. The molecule has 0 aromatic heterocycles. The number of thioether (sulfide) groups is 1. The van der Waals surface area contributed by atoms with Crippen molar-refractivity contribution < 1.29 is 9.59 Å². The van der Waals surface area contributed by atoms with Crippen molar-refractivity contribution in [3.63, 3.8) is 0 Å². The van der Waals surface area contributed by atoms with Crippen LogP contribution >= 0.6 is 23.4 Å². The summed E-state index contributed by atoms with van der Waals surface area (Å²) in [7, 11) is 1.57. The van der Waals surface area contributed by atoms with Crippen LogP contribution in [-0.4, -0.2) is 35.6 Å². The second kappa shape index (κ2) is 9.49. The van der Waals surface area contributed by atoms with Gasteiger partial charge in [-0.25, -0.2) is 0 Å². The summed E-state index contributed by atoms with van der Waals surface area (Å²) < 4.78 is 0. The summed E-state index contributed by atoms with van der Waals surface area (Å²) in [6.45, 7) is 2.07. The molecule has 0 aliphatic heterocycles. The molecule has 0 saturated heterocycles. The monoisotopic (exact) mass is 376 g/mol. The van der Waals surface area contributed by atoms with Gasteiger partial charge in [0.2, 0.25) is 11.8 Å². The van der Waals surface area contributed by atoms with Crippen molar-refractivity contribution in [1.29, 1.82) is 0 Å². The Morgan fingerprint density at radius 2 is 1.88 bits per heavy atom. The van der Waals surface area contributed by atoms with Crippen LogP contribution < -0.4 is 5.32 Å². The Balaban J connectivity index is 2.12. The smallest absolute Gasteiger partial charge is 0.242 e. The third kappa shape index (κ3) is 5.80. The Morgan fingerprint density at radius 3 is 2.52 bits per heavy atom. The van der Waals surface area contributed by atoms with Crippen LogP contribution in [-0.2, 0) is 16.1 Å². The normalized spacial score (nSPS) is 11.6. The molecule has 2 amide bonds. The van der Waals surface area contributed by atoms with E-state index in [0.717, 1.165) is 10.5 Å². The second-order valence-corrected chi connectivity index (χ2v) is 7.03. The van der Waals surface area contributed by atoms with Gasteiger partial charge in [-0.15, -0.1) is 11.8 Å². The van der Waals surface area contributed by atoms with Crippen LogP contribution in [0.5, 0.6) is 0 Å². The maximum absolute atomic E-state index is 12.8. The van der Waals surface area contributed by atoms with Crippen LogP contribution in [0.3, 0.4) is 0 Å². The lowest BCUT2D eigenvalue weighted by atomic mass is 10.1. The number of nitrogens with zero attached hydrogens (tertiary/aromatic N) is 1. The lowest BCUT2D eigenvalue weighted by molar-refractivity contribution is -0.138. The molecule has 0 fully saturated rings. The van der Waals surface area contributed by atoms with Crippen molar-refractivity contribution in [2.75, 3.05) is 12.8 Å². The Morgan fingerprint density at radius 1 is 1.16 bits per heavy atom. The summed E-state index contributed by atoms with van der Waals surface area (Å²) in [5, 5.41) is 3.21. The van der Waals surface area contributed by atoms with Gasteiger partial charge in [-0.3, -0.25) is 9.59 Å². The summed E-state index contributed by atoms with van der Waals surface area (Å²) in [5.74, 6) is -0.0173. The number of benzene rings is 2. The first-order chi connectivity index (χ1) is 12.0. The maximum Gasteiger partial charge on any atom is 0.242 e. The molecule has 0 radical (unpaired) electrons. The molecule has 6 heteroatoms. The highest BCUT2D eigenvalue weighted by Crippen LogP contribution is 2.20. The molecule has 0 aliphatic rings. The zero-order valence-corrected chi connectivity index (χ0v) is 15.8. The standard InChI is InChI=1S/C19H21ClN2O2S/c1-14(19(24)21-2)22(12-15-7-6-8-16(20)11-15)18(23)13-25-17-9-4-3-5-10-17/h3-11,14H,12-13H2,1-2H3,(H,21,24). The number of halogens is 1. The molecule has 0 saturated carbocycles. The van der Waals surface area contributed by atoms with E-state index in [2.05, 4.69) is 5.32 Å². The van der Waals surface area contributed by atoms with Crippen LogP contribution in [0.4, 0.5) is 0 Å². The van der Waals surface area contributed by atoms with E-state index in [1.54, 1.807) is 24.9 Å². The number of carbonyl (C=O) groups is 2. The van der Waals surface area contributed by atoms with E-state index in [-0.39, 0.29) is 17.6 Å². The van der Waals surface area contributed by atoms with Crippen molar-refractivity contribution in [3.05, 3.63) is 65.2 Å². The van der Waals surface area contributed by atoms with Crippen LogP contribution in [0.25, 0.3) is 0 Å². The van der Waals surface area contributed by atoms with Crippen LogP contribution in [0, 0.1) is 0 Å². The van der Waals surface area contributed by atoms with E-state index in [9.17, 15) is 9.59 Å². The van der Waals surface area contributed by atoms with Gasteiger partial charge in [0, 0.05) is 23.5 Å². The zero-order chi connectivity index (χ0) is 18.2. The topological polar surface area (TPSA) is 49.4 Å². The number of carbonyl (C=O) groups excluding carboxylic acids is 2. The van der Waals surface area contributed by atoms with Gasteiger partial charge in [-0.2, -0.15) is 0 Å². The molecule has 1 unspecified atom stereocenters. The molecule has 25 heavy (non-hydrogen) atoms. The fourth-order valence-electron chi connectivity index (χ4n) is 2.37. The van der Waals surface area contributed by atoms with Crippen molar-refractivity contribution >= 4 is 35.2 Å². The molecule has 1 N–H and O–H groups in total. The largest absolute Gasteiger partial charge is 0.357 e. The molecule has 1 atom stereocenters. The van der Waals surface area contributed by atoms with Gasteiger partial charge in [-0.1, -0.05) is 41.9 Å². The molecule has 0 spiro atoms. The fourth-order valence-corrected chi connectivity index (χ4v) is 3.39. The SMILES string of the molecule is CNC(=O)C(C)N(Cc1cccc(Cl)c1)C(=O)CSc1ccccc1. The molecule has 2 rings (SSSR count). The number of nitrogens with one attached hydrogen (secondary N) is 1. The minimum atomic E-state index is -0.562. The predicted molar refractivity (Wildman–Crippen MR) is 103 cm³/mol. The van der Waals surface area contributed by atoms with Gasteiger partial charge in [0.25, 0.3) is 0 Å². The quantitative estimate of drug-likeness (QED) is 0.751. The summed E-state index contributed by atoms with van der Waals surface area (Å²) in [4.78, 5) is 27.4. The molecule has 2 aromatic carbocycles. The summed E-state index contributed by atoms with van der Waals surface area (Å²) in [6, 6.07) is 16.5. The maximum atomic E-state index is 12.8. The van der Waals surface area contributed by atoms with Crippen LogP contribution in [0.15, 0.2) is 59.5 Å². The van der Waals surface area contributed by atoms with Crippen molar-refractivity contribution in [3.8, 4) is 0 Å². The molecule has 0 bridgehead atoms. The summed E-state index contributed by atoms with van der Waals surface area (Å²) in [6.07, 6.45) is 0. The van der Waals surface area contributed by atoms with Gasteiger partial charge in [0.15, 0.2) is 0 Å². The highest BCUT2D eigenvalue weighted by atomic mass is 35.5. The average molecular weight is 377 g/mol. The van der Waals surface area contributed by atoms with Gasteiger partial charge in [0.05, 0.1) is 5.75 Å². The number of amides is 2. The van der Waals surface area contributed by atoms with E-state index in [4.69, 9.17) is 11.6 Å². The molecular weight excluding hydrogens is 356 g/mol. The highest BCUT2D eigenvalue weighted by Gasteiger charge is 2.25. The third-order valence-corrected chi connectivity index (χ3v) is 4.99. The molecular formula is C19H21ClN2O2S. The van der Waals surface area contributed by atoms with Crippen LogP contribution in [0.1, 0.15) is 12.5 Å². The Bertz CT molecular complexity index is 724. The molecule has 4 nitrogen and oxygen atoms in total. The molecule has 132 valence electrons. The zero-order valence-electron chi connectivity index (χ0n) is 14.2. The van der Waals surface area contributed by atoms with Gasteiger partial charge < -0.3 is 10.2 Å². The molecule has 2 aromatic rings.